The van der Waals surface area contributed by atoms with E-state index < -0.39 is 39.5 Å². The average molecular weight is 375 g/mol. The molecule has 0 aromatic heterocycles. The van der Waals surface area contributed by atoms with Gasteiger partial charge < -0.3 is 5.32 Å². The zero-order chi connectivity index (χ0) is 16.4. The molecule has 5 nitrogen and oxygen atoms in total. The lowest BCUT2D eigenvalue weighted by molar-refractivity contribution is -0.387. The van der Waals surface area contributed by atoms with Crippen molar-refractivity contribution < 1.29 is 22.9 Å². The summed E-state index contributed by atoms with van der Waals surface area (Å²) in [6, 6.07) is 6.45. The monoisotopic (exact) mass is 374 g/mol. The number of halogens is 4. The van der Waals surface area contributed by atoms with Crippen molar-refractivity contribution in [3.63, 3.8) is 0 Å². The highest BCUT2D eigenvalue weighted by molar-refractivity contribution is 9.10. The fraction of sp³-hybridized carbons (Fsp3) is 0. The Morgan fingerprint density at radius 1 is 1.09 bits per heavy atom. The molecule has 0 spiro atoms. The molecule has 2 aromatic carbocycles. The number of hydrogen-bond acceptors (Lipinski definition) is 3. The molecule has 0 bridgehead atoms. The number of benzene rings is 2. The van der Waals surface area contributed by atoms with Crippen LogP contribution in [0.5, 0.6) is 0 Å². The Bertz CT molecular complexity index is 766. The maximum atomic E-state index is 13.6. The molecule has 22 heavy (non-hydrogen) atoms. The van der Waals surface area contributed by atoms with Crippen LogP contribution in [0, 0.1) is 27.6 Å². The van der Waals surface area contributed by atoms with E-state index >= 15 is 0 Å². The van der Waals surface area contributed by atoms with Gasteiger partial charge >= 0.3 is 5.69 Å². The molecule has 0 aliphatic rings. The average Bonchev–Trinajstić information content (AvgIpc) is 2.47. The summed E-state index contributed by atoms with van der Waals surface area (Å²) < 4.78 is 40.9. The van der Waals surface area contributed by atoms with Crippen molar-refractivity contribution in [1.82, 2.24) is 0 Å². The maximum absolute atomic E-state index is 13.6. The highest BCUT2D eigenvalue weighted by Crippen LogP contribution is 2.26. The molecule has 0 saturated carbocycles. The Morgan fingerprint density at radius 2 is 1.68 bits per heavy atom. The predicted molar refractivity (Wildman–Crippen MR) is 75.1 cm³/mol. The number of nitro benzene ring substituents is 1. The van der Waals surface area contributed by atoms with Crippen molar-refractivity contribution >= 4 is 33.2 Å². The van der Waals surface area contributed by atoms with Gasteiger partial charge in [-0.3, -0.25) is 14.9 Å². The number of nitrogens with one attached hydrogen (secondary N) is 1. The molecule has 0 radical (unpaired) electrons. The van der Waals surface area contributed by atoms with E-state index in [1.165, 1.54) is 12.1 Å². The molecule has 0 saturated heterocycles. The van der Waals surface area contributed by atoms with Crippen molar-refractivity contribution in [1.29, 1.82) is 0 Å². The first-order valence-corrected chi connectivity index (χ1v) is 6.49. The summed E-state index contributed by atoms with van der Waals surface area (Å²) in [7, 11) is 0. The van der Waals surface area contributed by atoms with Crippen LogP contribution in [0.4, 0.5) is 24.5 Å². The van der Waals surface area contributed by atoms with Crippen LogP contribution in [0.3, 0.4) is 0 Å². The third kappa shape index (κ3) is 3.08. The lowest BCUT2D eigenvalue weighted by Gasteiger charge is -2.07. The molecular weight excluding hydrogens is 369 g/mol. The van der Waals surface area contributed by atoms with Crippen molar-refractivity contribution in [2.24, 2.45) is 0 Å². The Kier molecular flexibility index (Phi) is 4.45. The van der Waals surface area contributed by atoms with Crippen molar-refractivity contribution in [2.45, 2.75) is 0 Å². The van der Waals surface area contributed by atoms with Gasteiger partial charge in [-0.15, -0.1) is 0 Å². The summed E-state index contributed by atoms with van der Waals surface area (Å²) >= 11 is 3.17. The standard InChI is InChI=1S/C13H6BrF3N2O3/c14-6-1-3-7(4-2-6)18-13(20)8-5-9(19(21)22)11(16)12(17)10(8)15/h1-5H,(H,18,20). The van der Waals surface area contributed by atoms with Gasteiger partial charge in [-0.1, -0.05) is 15.9 Å². The molecule has 0 fully saturated rings. The molecule has 0 unspecified atom stereocenters. The molecule has 0 aliphatic carbocycles. The third-order valence-electron chi connectivity index (χ3n) is 2.67. The van der Waals surface area contributed by atoms with E-state index in [2.05, 4.69) is 21.2 Å². The highest BCUT2D eigenvalue weighted by Gasteiger charge is 2.28. The van der Waals surface area contributed by atoms with Crippen molar-refractivity contribution in [3.8, 4) is 0 Å². The summed E-state index contributed by atoms with van der Waals surface area (Å²) in [6.45, 7) is 0. The number of anilines is 1. The van der Waals surface area contributed by atoms with Crippen molar-refractivity contribution in [2.75, 3.05) is 5.32 Å². The van der Waals surface area contributed by atoms with Gasteiger partial charge in [-0.05, 0) is 24.3 Å². The van der Waals surface area contributed by atoms with E-state index in [0.717, 1.165) is 4.47 Å². The fourth-order valence-electron chi connectivity index (χ4n) is 1.62. The molecule has 0 aliphatic heterocycles. The summed E-state index contributed by atoms with van der Waals surface area (Å²) in [4.78, 5) is 21.2. The minimum Gasteiger partial charge on any atom is -0.322 e. The quantitative estimate of drug-likeness (QED) is 0.500. The van der Waals surface area contributed by atoms with Gasteiger partial charge in [-0.2, -0.15) is 4.39 Å². The van der Waals surface area contributed by atoms with Crippen LogP contribution in [0.25, 0.3) is 0 Å². The van der Waals surface area contributed by atoms with Crippen LogP contribution in [0.1, 0.15) is 10.4 Å². The second-order valence-electron chi connectivity index (χ2n) is 4.10. The number of carbonyl (C=O) groups is 1. The minimum absolute atomic E-state index is 0.250. The number of carbonyl (C=O) groups excluding carboxylic acids is 1. The minimum atomic E-state index is -2.07. The summed E-state index contributed by atoms with van der Waals surface area (Å²) in [5.74, 6) is -6.96. The van der Waals surface area contributed by atoms with Gasteiger partial charge in [0.2, 0.25) is 11.6 Å². The van der Waals surface area contributed by atoms with Crippen LogP contribution in [-0.2, 0) is 0 Å². The molecule has 2 aromatic rings. The lowest BCUT2D eigenvalue weighted by Crippen LogP contribution is -2.16. The topological polar surface area (TPSA) is 72.2 Å². The molecule has 1 N–H and O–H groups in total. The predicted octanol–water partition coefficient (Wildman–Crippen LogP) is 4.03. The van der Waals surface area contributed by atoms with Gasteiger partial charge in [0.05, 0.1) is 10.5 Å². The normalized spacial score (nSPS) is 10.4. The Balaban J connectivity index is 2.41. The van der Waals surface area contributed by atoms with Crippen LogP contribution < -0.4 is 5.32 Å². The first-order chi connectivity index (χ1) is 10.3. The second-order valence-corrected chi connectivity index (χ2v) is 5.02. The molecule has 1 amide bonds. The van der Waals surface area contributed by atoms with Crippen LogP contribution in [-0.4, -0.2) is 10.8 Å². The number of hydrogen-bond donors (Lipinski definition) is 1. The molecule has 2 rings (SSSR count). The Hall–Kier alpha value is -2.42. The fourth-order valence-corrected chi connectivity index (χ4v) is 1.88. The molecule has 9 heteroatoms. The van der Waals surface area contributed by atoms with Gasteiger partial charge in [0.15, 0.2) is 5.82 Å². The number of nitro groups is 1. The van der Waals surface area contributed by atoms with Gasteiger partial charge in [0.1, 0.15) is 0 Å². The van der Waals surface area contributed by atoms with E-state index in [0.29, 0.717) is 6.07 Å². The smallest absolute Gasteiger partial charge is 0.308 e. The highest BCUT2D eigenvalue weighted by atomic mass is 79.9. The van der Waals surface area contributed by atoms with E-state index in [9.17, 15) is 28.1 Å². The van der Waals surface area contributed by atoms with E-state index in [4.69, 9.17) is 0 Å². The van der Waals surface area contributed by atoms with Gasteiger partial charge in [0.25, 0.3) is 5.91 Å². The summed E-state index contributed by atoms with van der Waals surface area (Å²) in [5.41, 5.74) is -2.03. The van der Waals surface area contributed by atoms with Crippen molar-refractivity contribution in [3.05, 3.63) is 67.9 Å². The number of amides is 1. The zero-order valence-electron chi connectivity index (χ0n) is 10.6. The SMILES string of the molecule is O=C(Nc1ccc(Br)cc1)c1cc([N+](=O)[O-])c(F)c(F)c1F. The first kappa shape index (κ1) is 16.0. The lowest BCUT2D eigenvalue weighted by atomic mass is 10.1. The van der Waals surface area contributed by atoms with Crippen LogP contribution >= 0.6 is 15.9 Å². The van der Waals surface area contributed by atoms with E-state index in [-0.39, 0.29) is 5.69 Å². The molecular formula is C13H6BrF3N2O3. The summed E-state index contributed by atoms with van der Waals surface area (Å²) in [6.07, 6.45) is 0. The largest absolute Gasteiger partial charge is 0.322 e. The van der Waals surface area contributed by atoms with E-state index in [1.807, 2.05) is 0 Å². The Labute approximate surface area is 130 Å². The molecule has 114 valence electrons. The van der Waals surface area contributed by atoms with E-state index in [1.54, 1.807) is 12.1 Å². The third-order valence-corrected chi connectivity index (χ3v) is 3.20. The molecule has 0 atom stereocenters. The zero-order valence-corrected chi connectivity index (χ0v) is 12.2. The first-order valence-electron chi connectivity index (χ1n) is 5.70. The number of rotatable bonds is 3. The van der Waals surface area contributed by atoms with Gasteiger partial charge in [-0.25, -0.2) is 8.78 Å². The molecule has 0 heterocycles. The van der Waals surface area contributed by atoms with Crippen LogP contribution in [0.15, 0.2) is 34.8 Å². The second kappa shape index (κ2) is 6.14. The van der Waals surface area contributed by atoms with Crippen LogP contribution in [0.2, 0.25) is 0 Å². The van der Waals surface area contributed by atoms with Gasteiger partial charge in [0, 0.05) is 16.2 Å². The Morgan fingerprint density at radius 3 is 2.23 bits per heavy atom. The maximum Gasteiger partial charge on any atom is 0.308 e. The summed E-state index contributed by atoms with van der Waals surface area (Å²) in [5, 5.41) is 12.8. The number of nitrogens with zero attached hydrogens (tertiary/aromatic N) is 1.